The van der Waals surface area contributed by atoms with Crippen LogP contribution >= 0.6 is 0 Å². The van der Waals surface area contributed by atoms with Gasteiger partial charge in [-0.05, 0) is 42.8 Å². The lowest BCUT2D eigenvalue weighted by Crippen LogP contribution is -2.29. The number of hydrogen-bond acceptors (Lipinski definition) is 5. The molecule has 116 valence electrons. The van der Waals surface area contributed by atoms with Crippen molar-refractivity contribution in [3.8, 4) is 0 Å². The fraction of sp³-hybridized carbons (Fsp3) is 0.235. The Balaban J connectivity index is 1.81. The highest BCUT2D eigenvalue weighted by molar-refractivity contribution is 6.02. The summed E-state index contributed by atoms with van der Waals surface area (Å²) in [6, 6.07) is 5.42. The highest BCUT2D eigenvalue weighted by Crippen LogP contribution is 2.23. The van der Waals surface area contributed by atoms with Gasteiger partial charge >= 0.3 is 0 Å². The molecule has 0 unspecified atom stereocenters. The first-order valence-corrected chi connectivity index (χ1v) is 7.56. The molecule has 0 spiro atoms. The Morgan fingerprint density at radius 1 is 1.26 bits per heavy atom. The third-order valence-electron chi connectivity index (χ3n) is 4.35. The lowest BCUT2D eigenvalue weighted by molar-refractivity contribution is 0.0948. The zero-order valence-electron chi connectivity index (χ0n) is 12.9. The van der Waals surface area contributed by atoms with Gasteiger partial charge in [0.05, 0.1) is 17.3 Å². The van der Waals surface area contributed by atoms with Crippen LogP contribution in [0.5, 0.6) is 0 Å². The summed E-state index contributed by atoms with van der Waals surface area (Å²) in [6.07, 6.45) is 6.02. The van der Waals surface area contributed by atoms with Gasteiger partial charge in [0.25, 0.3) is 5.91 Å². The second-order valence-electron chi connectivity index (χ2n) is 5.99. The number of pyridine rings is 1. The average molecular weight is 307 g/mol. The molecule has 0 radical (unpaired) electrons. The van der Waals surface area contributed by atoms with E-state index in [1.807, 2.05) is 18.3 Å². The number of rotatable bonds is 1. The normalized spacial score (nSPS) is 14.8. The molecular weight excluding hydrogens is 290 g/mol. The number of nitrogens with two attached hydrogens (primary N) is 1. The standard InChI is InChI=1S/C17H17N5O/c1-21-5-4-14-12(10-21)7-19-9-15(14)17(23)22-16-3-2-13(18)6-11(16)8-20-22/h2-3,6-9H,4-5,10,18H2,1H3. The van der Waals surface area contributed by atoms with Crippen molar-refractivity contribution in [2.75, 3.05) is 19.3 Å². The molecule has 6 nitrogen and oxygen atoms in total. The number of aromatic nitrogens is 3. The Hall–Kier alpha value is -2.73. The van der Waals surface area contributed by atoms with Crippen LogP contribution < -0.4 is 5.73 Å². The van der Waals surface area contributed by atoms with Crippen LogP contribution in [0.3, 0.4) is 0 Å². The molecule has 3 heterocycles. The van der Waals surface area contributed by atoms with Crippen LogP contribution in [0, 0.1) is 0 Å². The second kappa shape index (κ2) is 5.17. The van der Waals surface area contributed by atoms with E-state index in [0.717, 1.165) is 41.5 Å². The Labute approximate surface area is 133 Å². The predicted molar refractivity (Wildman–Crippen MR) is 88.1 cm³/mol. The topological polar surface area (TPSA) is 77.0 Å². The van der Waals surface area contributed by atoms with E-state index in [1.54, 1.807) is 18.5 Å². The maximum atomic E-state index is 13.0. The van der Waals surface area contributed by atoms with Gasteiger partial charge in [0.15, 0.2) is 0 Å². The summed E-state index contributed by atoms with van der Waals surface area (Å²) in [5, 5.41) is 5.11. The van der Waals surface area contributed by atoms with Crippen molar-refractivity contribution < 1.29 is 4.79 Å². The first kappa shape index (κ1) is 13.9. The van der Waals surface area contributed by atoms with Crippen molar-refractivity contribution in [3.05, 3.63) is 53.5 Å². The van der Waals surface area contributed by atoms with Crippen LogP contribution in [-0.2, 0) is 13.0 Å². The molecule has 6 heteroatoms. The van der Waals surface area contributed by atoms with E-state index in [0.29, 0.717) is 11.3 Å². The zero-order valence-corrected chi connectivity index (χ0v) is 12.9. The molecule has 0 saturated carbocycles. The minimum absolute atomic E-state index is 0.140. The summed E-state index contributed by atoms with van der Waals surface area (Å²) < 4.78 is 1.43. The Morgan fingerprint density at radius 2 is 2.13 bits per heavy atom. The van der Waals surface area contributed by atoms with E-state index in [1.165, 1.54) is 4.68 Å². The maximum Gasteiger partial charge on any atom is 0.280 e. The van der Waals surface area contributed by atoms with Gasteiger partial charge in [0.1, 0.15) is 0 Å². The van der Waals surface area contributed by atoms with Gasteiger partial charge in [-0.3, -0.25) is 9.78 Å². The lowest BCUT2D eigenvalue weighted by atomic mass is 9.97. The molecule has 1 aromatic carbocycles. The van der Waals surface area contributed by atoms with Gasteiger partial charge in [-0.25, -0.2) is 0 Å². The minimum atomic E-state index is -0.140. The van der Waals surface area contributed by atoms with Gasteiger partial charge in [-0.1, -0.05) is 0 Å². The molecule has 0 saturated heterocycles. The van der Waals surface area contributed by atoms with E-state index in [-0.39, 0.29) is 5.91 Å². The second-order valence-corrected chi connectivity index (χ2v) is 5.99. The highest BCUT2D eigenvalue weighted by atomic mass is 16.2. The monoisotopic (exact) mass is 307 g/mol. The van der Waals surface area contributed by atoms with Gasteiger partial charge in [0, 0.05) is 36.6 Å². The summed E-state index contributed by atoms with van der Waals surface area (Å²) >= 11 is 0. The summed E-state index contributed by atoms with van der Waals surface area (Å²) in [5.41, 5.74) is 10.0. The fourth-order valence-electron chi connectivity index (χ4n) is 3.15. The SMILES string of the molecule is CN1CCc2c(cncc2C(=O)n2ncc3cc(N)ccc32)C1. The largest absolute Gasteiger partial charge is 0.399 e. The predicted octanol–water partition coefficient (Wildman–Crippen LogP) is 1.69. The molecule has 3 aromatic rings. The van der Waals surface area contributed by atoms with Crippen LogP contribution in [0.2, 0.25) is 0 Å². The summed E-state index contributed by atoms with van der Waals surface area (Å²) in [4.78, 5) is 19.5. The van der Waals surface area contributed by atoms with Gasteiger partial charge in [-0.2, -0.15) is 9.78 Å². The first-order valence-electron chi connectivity index (χ1n) is 7.56. The molecular formula is C17H17N5O. The van der Waals surface area contributed by atoms with Gasteiger partial charge in [-0.15, -0.1) is 0 Å². The smallest absolute Gasteiger partial charge is 0.280 e. The quantitative estimate of drug-likeness (QED) is 0.692. The molecule has 1 aliphatic rings. The molecule has 0 aliphatic carbocycles. The number of anilines is 1. The highest BCUT2D eigenvalue weighted by Gasteiger charge is 2.22. The Kier molecular flexibility index (Phi) is 3.12. The van der Waals surface area contributed by atoms with Crippen molar-refractivity contribution in [3.63, 3.8) is 0 Å². The molecule has 0 atom stereocenters. The summed E-state index contributed by atoms with van der Waals surface area (Å²) in [6.45, 7) is 1.76. The summed E-state index contributed by atoms with van der Waals surface area (Å²) in [7, 11) is 2.07. The van der Waals surface area contributed by atoms with E-state index < -0.39 is 0 Å². The van der Waals surface area contributed by atoms with E-state index >= 15 is 0 Å². The average Bonchev–Trinajstić information content (AvgIpc) is 2.96. The number of carbonyl (C=O) groups excluding carboxylic acids is 1. The van der Waals surface area contributed by atoms with E-state index in [9.17, 15) is 4.79 Å². The molecule has 2 N–H and O–H groups in total. The van der Waals surface area contributed by atoms with E-state index in [2.05, 4.69) is 22.0 Å². The van der Waals surface area contributed by atoms with Crippen molar-refractivity contribution in [1.29, 1.82) is 0 Å². The van der Waals surface area contributed by atoms with Crippen LogP contribution in [0.4, 0.5) is 5.69 Å². The third-order valence-corrected chi connectivity index (χ3v) is 4.35. The van der Waals surface area contributed by atoms with E-state index in [4.69, 9.17) is 5.73 Å². The molecule has 4 rings (SSSR count). The van der Waals surface area contributed by atoms with Crippen molar-refractivity contribution in [1.82, 2.24) is 19.7 Å². The zero-order chi connectivity index (χ0) is 16.0. The molecule has 0 amide bonds. The number of nitrogen functional groups attached to an aromatic ring is 1. The lowest BCUT2D eigenvalue weighted by Gasteiger charge is -2.25. The Morgan fingerprint density at radius 3 is 3.00 bits per heavy atom. The van der Waals surface area contributed by atoms with Crippen LogP contribution in [0.25, 0.3) is 10.9 Å². The van der Waals surface area contributed by atoms with Crippen molar-refractivity contribution in [2.45, 2.75) is 13.0 Å². The first-order chi connectivity index (χ1) is 11.1. The molecule has 23 heavy (non-hydrogen) atoms. The molecule has 0 fully saturated rings. The maximum absolute atomic E-state index is 13.0. The van der Waals surface area contributed by atoms with Crippen LogP contribution in [-0.4, -0.2) is 39.2 Å². The van der Waals surface area contributed by atoms with Gasteiger partial charge < -0.3 is 10.6 Å². The van der Waals surface area contributed by atoms with Crippen molar-refractivity contribution >= 4 is 22.5 Å². The van der Waals surface area contributed by atoms with Crippen LogP contribution in [0.1, 0.15) is 21.5 Å². The van der Waals surface area contributed by atoms with Gasteiger partial charge in [0.2, 0.25) is 0 Å². The van der Waals surface area contributed by atoms with Crippen molar-refractivity contribution in [2.24, 2.45) is 0 Å². The number of nitrogens with zero attached hydrogens (tertiary/aromatic N) is 4. The number of likely N-dealkylation sites (N-methyl/N-ethyl adjacent to an activating group) is 1. The Bertz CT molecular complexity index is 914. The number of carbonyl (C=O) groups is 1. The molecule has 2 aromatic heterocycles. The number of fused-ring (bicyclic) bond motifs is 2. The molecule has 0 bridgehead atoms. The third kappa shape index (κ3) is 2.27. The summed E-state index contributed by atoms with van der Waals surface area (Å²) in [5.74, 6) is -0.140. The number of hydrogen-bond donors (Lipinski definition) is 1. The minimum Gasteiger partial charge on any atom is -0.399 e. The number of benzene rings is 1. The van der Waals surface area contributed by atoms with Crippen LogP contribution in [0.15, 0.2) is 36.8 Å². The fourth-order valence-corrected chi connectivity index (χ4v) is 3.15. The molecule has 1 aliphatic heterocycles.